The minimum Gasteiger partial charge on any atom is -0.451 e. The van der Waals surface area contributed by atoms with Gasteiger partial charge in [0.25, 0.3) is 5.69 Å². The van der Waals surface area contributed by atoms with Crippen molar-refractivity contribution >= 4 is 27.6 Å². The van der Waals surface area contributed by atoms with Gasteiger partial charge < -0.3 is 4.74 Å². The third-order valence-electron chi connectivity index (χ3n) is 3.74. The van der Waals surface area contributed by atoms with Gasteiger partial charge in [0.2, 0.25) is 0 Å². The summed E-state index contributed by atoms with van der Waals surface area (Å²) in [6, 6.07) is 10.3. The van der Waals surface area contributed by atoms with Crippen molar-refractivity contribution in [3.63, 3.8) is 0 Å². The maximum atomic E-state index is 14.2. The highest BCUT2D eigenvalue weighted by Gasteiger charge is 2.36. The summed E-state index contributed by atoms with van der Waals surface area (Å²) >= 11 is 3.36. The summed E-state index contributed by atoms with van der Waals surface area (Å²) in [4.78, 5) is 22.2. The summed E-state index contributed by atoms with van der Waals surface area (Å²) in [6.45, 7) is 0. The molecule has 7 heteroatoms. The molecule has 5 nitrogen and oxygen atoms in total. The van der Waals surface area contributed by atoms with Crippen LogP contribution in [-0.4, -0.2) is 17.1 Å². The predicted molar refractivity (Wildman–Crippen MR) is 84.0 cm³/mol. The highest BCUT2D eigenvalue weighted by atomic mass is 79.9. The average molecular weight is 380 g/mol. The first kappa shape index (κ1) is 15.6. The molecule has 118 valence electrons. The highest BCUT2D eigenvalue weighted by molar-refractivity contribution is 9.10. The van der Waals surface area contributed by atoms with Gasteiger partial charge >= 0.3 is 5.97 Å². The van der Waals surface area contributed by atoms with Crippen molar-refractivity contribution in [2.45, 2.75) is 18.7 Å². The van der Waals surface area contributed by atoms with E-state index >= 15 is 0 Å². The van der Waals surface area contributed by atoms with Gasteiger partial charge in [-0.3, -0.25) is 10.1 Å². The van der Waals surface area contributed by atoms with E-state index in [0.717, 1.165) is 10.0 Å². The molecule has 2 atom stereocenters. The lowest BCUT2D eigenvalue weighted by molar-refractivity contribution is -0.384. The van der Waals surface area contributed by atoms with E-state index in [1.54, 1.807) is 12.1 Å². The van der Waals surface area contributed by atoms with Gasteiger partial charge in [-0.05, 0) is 29.3 Å². The third-order valence-corrected chi connectivity index (χ3v) is 4.48. The smallest absolute Gasteiger partial charge is 0.338 e. The van der Waals surface area contributed by atoms with Crippen molar-refractivity contribution in [3.05, 3.63) is 73.7 Å². The van der Waals surface area contributed by atoms with Gasteiger partial charge in [-0.2, -0.15) is 0 Å². The quantitative estimate of drug-likeness (QED) is 0.456. The summed E-state index contributed by atoms with van der Waals surface area (Å²) in [5, 5.41) is 10.6. The summed E-state index contributed by atoms with van der Waals surface area (Å²) < 4.78 is 20.3. The number of nitro benzene ring substituents is 1. The highest BCUT2D eigenvalue weighted by Crippen LogP contribution is 2.40. The lowest BCUT2D eigenvalue weighted by Gasteiger charge is -2.15. The Morgan fingerprint density at radius 1 is 1.26 bits per heavy atom. The Hall–Kier alpha value is -2.28. The predicted octanol–water partition coefficient (Wildman–Crippen LogP) is 4.15. The zero-order valence-electron chi connectivity index (χ0n) is 11.7. The van der Waals surface area contributed by atoms with Crippen molar-refractivity contribution in [2.24, 2.45) is 0 Å². The number of nitro groups is 1. The number of hydrogen-bond acceptors (Lipinski definition) is 4. The molecule has 0 heterocycles. The van der Waals surface area contributed by atoms with Gasteiger partial charge in [-0.15, -0.1) is 0 Å². The number of ether oxygens (including phenoxy) is 1. The van der Waals surface area contributed by atoms with Crippen LogP contribution in [0.3, 0.4) is 0 Å². The lowest BCUT2D eigenvalue weighted by atomic mass is 10.1. The number of halogens is 2. The van der Waals surface area contributed by atoms with Gasteiger partial charge in [-0.25, -0.2) is 9.18 Å². The maximum Gasteiger partial charge on any atom is 0.338 e. The Bertz CT molecular complexity index is 778. The zero-order chi connectivity index (χ0) is 16.6. The van der Waals surface area contributed by atoms with Crippen LogP contribution >= 0.6 is 15.9 Å². The standard InChI is InChI=1S/C16H11BrFNO4/c17-13-3-1-2-11-12(13)8-14(18)15(11)23-16(20)9-4-6-10(7-5-9)19(21)22/h1-7,14-15H,8H2. The largest absolute Gasteiger partial charge is 0.451 e. The molecular formula is C16H11BrFNO4. The third kappa shape index (κ3) is 2.96. The van der Waals surface area contributed by atoms with E-state index in [9.17, 15) is 19.3 Å². The second kappa shape index (κ2) is 6.08. The number of carbonyl (C=O) groups is 1. The summed E-state index contributed by atoms with van der Waals surface area (Å²) in [5.74, 6) is -0.708. The van der Waals surface area contributed by atoms with E-state index in [2.05, 4.69) is 15.9 Å². The fourth-order valence-corrected chi connectivity index (χ4v) is 3.14. The normalized spacial score (nSPS) is 19.2. The van der Waals surface area contributed by atoms with Crippen molar-refractivity contribution in [2.75, 3.05) is 0 Å². The van der Waals surface area contributed by atoms with Gasteiger partial charge in [0.15, 0.2) is 6.10 Å². The number of nitrogens with zero attached hydrogens (tertiary/aromatic N) is 1. The Kier molecular flexibility index (Phi) is 4.12. The molecule has 1 aliphatic carbocycles. The van der Waals surface area contributed by atoms with Crippen molar-refractivity contribution < 1.29 is 18.8 Å². The Balaban J connectivity index is 1.81. The van der Waals surface area contributed by atoms with Crippen molar-refractivity contribution in [3.8, 4) is 0 Å². The Labute approximate surface area is 139 Å². The van der Waals surface area contributed by atoms with Crippen LogP contribution in [0.25, 0.3) is 0 Å². The SMILES string of the molecule is O=C(OC1c2cccc(Br)c2CC1F)c1ccc([N+](=O)[O-])cc1. The van der Waals surface area contributed by atoms with Crippen LogP contribution in [0.1, 0.15) is 27.6 Å². The van der Waals surface area contributed by atoms with E-state index < -0.39 is 23.2 Å². The topological polar surface area (TPSA) is 69.4 Å². The molecule has 0 amide bonds. The van der Waals surface area contributed by atoms with E-state index in [4.69, 9.17) is 4.74 Å². The number of alkyl halides is 1. The zero-order valence-corrected chi connectivity index (χ0v) is 13.3. The van der Waals surface area contributed by atoms with Crippen molar-refractivity contribution in [1.82, 2.24) is 0 Å². The molecule has 0 saturated heterocycles. The molecule has 0 N–H and O–H groups in total. The van der Waals surface area contributed by atoms with Crippen LogP contribution in [0.2, 0.25) is 0 Å². The van der Waals surface area contributed by atoms with Crippen LogP contribution in [-0.2, 0) is 11.2 Å². The second-order valence-electron chi connectivity index (χ2n) is 5.16. The number of hydrogen-bond donors (Lipinski definition) is 0. The molecule has 2 unspecified atom stereocenters. The molecule has 0 aliphatic heterocycles. The van der Waals surface area contributed by atoms with Crippen LogP contribution in [0, 0.1) is 10.1 Å². The first-order chi connectivity index (χ1) is 11.0. The number of esters is 1. The number of benzene rings is 2. The average Bonchev–Trinajstić information content (AvgIpc) is 2.85. The fraction of sp³-hybridized carbons (Fsp3) is 0.188. The summed E-state index contributed by atoms with van der Waals surface area (Å²) in [7, 11) is 0. The van der Waals surface area contributed by atoms with Crippen molar-refractivity contribution in [1.29, 1.82) is 0 Å². The Morgan fingerprint density at radius 2 is 1.96 bits per heavy atom. The molecule has 2 aromatic carbocycles. The molecule has 2 aromatic rings. The first-order valence-corrected chi connectivity index (χ1v) is 7.63. The van der Waals surface area contributed by atoms with E-state index in [-0.39, 0.29) is 17.7 Å². The van der Waals surface area contributed by atoms with E-state index in [1.165, 1.54) is 24.3 Å². The van der Waals surface area contributed by atoms with Gasteiger partial charge in [0.1, 0.15) is 6.17 Å². The molecule has 0 aromatic heterocycles. The van der Waals surface area contributed by atoms with Gasteiger partial charge in [0.05, 0.1) is 10.5 Å². The number of fused-ring (bicyclic) bond motifs is 1. The summed E-state index contributed by atoms with van der Waals surface area (Å²) in [5.41, 5.74) is 1.45. The van der Waals surface area contributed by atoms with E-state index in [1.807, 2.05) is 6.07 Å². The Morgan fingerprint density at radius 3 is 2.61 bits per heavy atom. The summed E-state index contributed by atoms with van der Waals surface area (Å²) in [6.07, 6.45) is -2.11. The van der Waals surface area contributed by atoms with Crippen LogP contribution < -0.4 is 0 Å². The van der Waals surface area contributed by atoms with Gasteiger partial charge in [-0.1, -0.05) is 28.1 Å². The number of non-ortho nitro benzene ring substituents is 1. The monoisotopic (exact) mass is 379 g/mol. The van der Waals surface area contributed by atoms with Gasteiger partial charge in [0, 0.05) is 23.0 Å². The second-order valence-corrected chi connectivity index (χ2v) is 6.01. The van der Waals surface area contributed by atoms with Crippen LogP contribution in [0.5, 0.6) is 0 Å². The molecule has 0 spiro atoms. The molecule has 23 heavy (non-hydrogen) atoms. The molecule has 0 radical (unpaired) electrons. The minimum absolute atomic E-state index is 0.125. The maximum absolute atomic E-state index is 14.2. The van der Waals surface area contributed by atoms with Crippen LogP contribution in [0.4, 0.5) is 10.1 Å². The van der Waals surface area contributed by atoms with Crippen LogP contribution in [0.15, 0.2) is 46.9 Å². The number of carbonyl (C=O) groups excluding carboxylic acids is 1. The molecule has 1 aliphatic rings. The minimum atomic E-state index is -1.31. The molecule has 0 fully saturated rings. The van der Waals surface area contributed by atoms with E-state index in [0.29, 0.717) is 5.56 Å². The number of rotatable bonds is 3. The molecule has 3 rings (SSSR count). The fourth-order valence-electron chi connectivity index (χ4n) is 2.59. The molecule has 0 bridgehead atoms. The first-order valence-electron chi connectivity index (χ1n) is 6.84. The lowest BCUT2D eigenvalue weighted by Crippen LogP contribution is -2.17. The molecular weight excluding hydrogens is 369 g/mol. The molecule has 0 saturated carbocycles.